The number of rotatable bonds is 4. The SMILES string of the molecule is CC[C@H](c1ccccc1)c1nc2c3cnn(-c4cccc(C)c4)c3ncn2n1. The van der Waals surface area contributed by atoms with Crippen LogP contribution in [-0.4, -0.2) is 29.4 Å². The zero-order chi connectivity index (χ0) is 19.1. The lowest BCUT2D eigenvalue weighted by Gasteiger charge is -2.10. The van der Waals surface area contributed by atoms with Crippen molar-refractivity contribution in [2.75, 3.05) is 0 Å². The Morgan fingerprint density at radius 3 is 2.64 bits per heavy atom. The second-order valence-corrected chi connectivity index (χ2v) is 6.99. The van der Waals surface area contributed by atoms with Gasteiger partial charge >= 0.3 is 0 Å². The first kappa shape index (κ1) is 16.6. The zero-order valence-electron chi connectivity index (χ0n) is 15.8. The normalized spacial score (nSPS) is 12.6. The highest BCUT2D eigenvalue weighted by atomic mass is 15.3. The quantitative estimate of drug-likeness (QED) is 0.474. The molecule has 0 saturated carbocycles. The van der Waals surface area contributed by atoms with Crippen LogP contribution in [0.4, 0.5) is 0 Å². The third-order valence-corrected chi connectivity index (χ3v) is 5.09. The maximum atomic E-state index is 4.87. The first-order chi connectivity index (χ1) is 13.7. The lowest BCUT2D eigenvalue weighted by atomic mass is 9.96. The van der Waals surface area contributed by atoms with Crippen LogP contribution in [0.15, 0.2) is 67.1 Å². The standard InChI is InChI=1S/C22H20N6/c1-3-18(16-9-5-4-6-10-16)20-25-22-19-13-24-28(17-11-7-8-15(2)12-17)21(19)23-14-27(22)26-20/h4-14,18H,3H2,1-2H3/t18-/m1/s1. The topological polar surface area (TPSA) is 60.9 Å². The average molecular weight is 368 g/mol. The van der Waals surface area contributed by atoms with Gasteiger partial charge in [0.2, 0.25) is 0 Å². The first-order valence-electron chi connectivity index (χ1n) is 9.45. The van der Waals surface area contributed by atoms with Crippen LogP contribution in [0.5, 0.6) is 0 Å². The number of benzene rings is 2. The van der Waals surface area contributed by atoms with E-state index in [2.05, 4.69) is 60.3 Å². The Kier molecular flexibility index (Phi) is 3.90. The largest absolute Gasteiger partial charge is 0.216 e. The van der Waals surface area contributed by atoms with Gasteiger partial charge in [0.25, 0.3) is 0 Å². The van der Waals surface area contributed by atoms with Gasteiger partial charge in [-0.25, -0.2) is 19.2 Å². The number of aromatic nitrogens is 6. The van der Waals surface area contributed by atoms with Crippen LogP contribution in [0.2, 0.25) is 0 Å². The van der Waals surface area contributed by atoms with Gasteiger partial charge in [-0.05, 0) is 36.6 Å². The summed E-state index contributed by atoms with van der Waals surface area (Å²) in [6, 6.07) is 18.6. The Bertz CT molecular complexity index is 1270. The van der Waals surface area contributed by atoms with E-state index in [1.54, 1.807) is 10.8 Å². The fourth-order valence-electron chi connectivity index (χ4n) is 3.69. The molecular weight excluding hydrogens is 348 g/mol. The van der Waals surface area contributed by atoms with E-state index in [0.29, 0.717) is 0 Å². The molecule has 0 aliphatic rings. The van der Waals surface area contributed by atoms with E-state index < -0.39 is 0 Å². The van der Waals surface area contributed by atoms with Crippen molar-refractivity contribution < 1.29 is 0 Å². The van der Waals surface area contributed by atoms with Gasteiger partial charge in [0.05, 0.1) is 17.3 Å². The molecule has 5 aromatic rings. The molecule has 6 heteroatoms. The summed E-state index contributed by atoms with van der Waals surface area (Å²) in [5.74, 6) is 0.967. The summed E-state index contributed by atoms with van der Waals surface area (Å²) in [5, 5.41) is 10.2. The maximum Gasteiger partial charge on any atom is 0.170 e. The predicted molar refractivity (Wildman–Crippen MR) is 109 cm³/mol. The molecule has 1 atom stereocenters. The van der Waals surface area contributed by atoms with Crippen molar-refractivity contribution in [2.24, 2.45) is 0 Å². The van der Waals surface area contributed by atoms with Gasteiger partial charge in [-0.1, -0.05) is 49.4 Å². The van der Waals surface area contributed by atoms with Crippen LogP contribution in [0.3, 0.4) is 0 Å². The van der Waals surface area contributed by atoms with Crippen LogP contribution in [-0.2, 0) is 0 Å². The van der Waals surface area contributed by atoms with Gasteiger partial charge in [0.1, 0.15) is 6.33 Å². The number of nitrogens with zero attached hydrogens (tertiary/aromatic N) is 6. The molecule has 3 aromatic heterocycles. The van der Waals surface area contributed by atoms with Crippen molar-refractivity contribution in [3.63, 3.8) is 0 Å². The van der Waals surface area contributed by atoms with Gasteiger partial charge in [-0.15, -0.1) is 5.10 Å². The smallest absolute Gasteiger partial charge is 0.170 e. The van der Waals surface area contributed by atoms with Crippen molar-refractivity contribution in [1.82, 2.24) is 29.4 Å². The average Bonchev–Trinajstić information content (AvgIpc) is 3.33. The highest BCUT2D eigenvalue weighted by molar-refractivity contribution is 5.89. The van der Waals surface area contributed by atoms with E-state index in [1.165, 1.54) is 11.1 Å². The molecule has 0 spiro atoms. The second-order valence-electron chi connectivity index (χ2n) is 6.99. The highest BCUT2D eigenvalue weighted by Gasteiger charge is 2.19. The fraction of sp³-hybridized carbons (Fsp3) is 0.182. The number of hydrogen-bond acceptors (Lipinski definition) is 4. The van der Waals surface area contributed by atoms with Crippen molar-refractivity contribution in [3.8, 4) is 5.69 Å². The Morgan fingerprint density at radius 1 is 1.00 bits per heavy atom. The Hall–Kier alpha value is -3.54. The molecule has 0 N–H and O–H groups in total. The highest BCUT2D eigenvalue weighted by Crippen LogP contribution is 2.27. The van der Waals surface area contributed by atoms with Crippen molar-refractivity contribution >= 4 is 16.7 Å². The van der Waals surface area contributed by atoms with Gasteiger partial charge in [-0.3, -0.25) is 0 Å². The van der Waals surface area contributed by atoms with Gasteiger partial charge in [0, 0.05) is 5.92 Å². The number of aryl methyl sites for hydroxylation is 1. The summed E-state index contributed by atoms with van der Waals surface area (Å²) < 4.78 is 3.61. The predicted octanol–water partition coefficient (Wildman–Crippen LogP) is 4.31. The Morgan fingerprint density at radius 2 is 1.86 bits per heavy atom. The van der Waals surface area contributed by atoms with Gasteiger partial charge in [0.15, 0.2) is 17.1 Å². The molecule has 0 unspecified atom stereocenters. The van der Waals surface area contributed by atoms with E-state index in [4.69, 9.17) is 10.1 Å². The van der Waals surface area contributed by atoms with Crippen LogP contribution < -0.4 is 0 Å². The van der Waals surface area contributed by atoms with Gasteiger partial charge in [-0.2, -0.15) is 5.10 Å². The lowest BCUT2D eigenvalue weighted by Crippen LogP contribution is -2.02. The fourth-order valence-corrected chi connectivity index (χ4v) is 3.69. The minimum absolute atomic E-state index is 0.156. The molecule has 138 valence electrons. The van der Waals surface area contributed by atoms with E-state index in [0.717, 1.165) is 34.6 Å². The van der Waals surface area contributed by atoms with Crippen molar-refractivity contribution in [3.05, 3.63) is 84.1 Å². The summed E-state index contributed by atoms with van der Waals surface area (Å²) in [6.45, 7) is 4.23. The molecular formula is C22H20N6. The molecule has 0 amide bonds. The molecule has 0 fully saturated rings. The zero-order valence-corrected chi connectivity index (χ0v) is 15.8. The van der Waals surface area contributed by atoms with Crippen LogP contribution in [0.25, 0.3) is 22.4 Å². The molecule has 0 saturated heterocycles. The van der Waals surface area contributed by atoms with E-state index in [1.807, 2.05) is 29.1 Å². The number of hydrogen-bond donors (Lipinski definition) is 0. The summed E-state index contributed by atoms with van der Waals surface area (Å²) >= 11 is 0. The number of fused-ring (bicyclic) bond motifs is 3. The van der Waals surface area contributed by atoms with Crippen LogP contribution in [0.1, 0.15) is 36.2 Å². The van der Waals surface area contributed by atoms with E-state index in [9.17, 15) is 0 Å². The van der Waals surface area contributed by atoms with Crippen LogP contribution in [0, 0.1) is 6.92 Å². The van der Waals surface area contributed by atoms with Crippen molar-refractivity contribution in [2.45, 2.75) is 26.2 Å². The molecule has 5 rings (SSSR count). The molecule has 2 aromatic carbocycles. The monoisotopic (exact) mass is 368 g/mol. The molecule has 28 heavy (non-hydrogen) atoms. The Labute approximate surface area is 162 Å². The van der Waals surface area contributed by atoms with Crippen LogP contribution >= 0.6 is 0 Å². The molecule has 0 aliphatic carbocycles. The van der Waals surface area contributed by atoms with E-state index in [-0.39, 0.29) is 5.92 Å². The van der Waals surface area contributed by atoms with E-state index >= 15 is 0 Å². The lowest BCUT2D eigenvalue weighted by molar-refractivity contribution is 0.711. The summed E-state index contributed by atoms with van der Waals surface area (Å²) in [4.78, 5) is 9.48. The minimum Gasteiger partial charge on any atom is -0.216 e. The summed E-state index contributed by atoms with van der Waals surface area (Å²) in [7, 11) is 0. The molecule has 3 heterocycles. The molecule has 0 aliphatic heterocycles. The summed E-state index contributed by atoms with van der Waals surface area (Å²) in [6.07, 6.45) is 4.47. The third-order valence-electron chi connectivity index (χ3n) is 5.09. The second kappa shape index (κ2) is 6.56. The Balaban J connectivity index is 1.65. The molecule has 0 radical (unpaired) electrons. The molecule has 0 bridgehead atoms. The minimum atomic E-state index is 0.156. The van der Waals surface area contributed by atoms with Gasteiger partial charge < -0.3 is 0 Å². The summed E-state index contributed by atoms with van der Waals surface area (Å²) in [5.41, 5.74) is 4.96. The maximum absolute atomic E-state index is 4.87. The third kappa shape index (κ3) is 2.65. The van der Waals surface area contributed by atoms with Crippen molar-refractivity contribution in [1.29, 1.82) is 0 Å². The first-order valence-corrected chi connectivity index (χ1v) is 9.45. The molecule has 6 nitrogen and oxygen atoms in total.